The van der Waals surface area contributed by atoms with Crippen LogP contribution >= 0.6 is 0 Å². The summed E-state index contributed by atoms with van der Waals surface area (Å²) in [4.78, 5) is 38.3. The van der Waals surface area contributed by atoms with Crippen molar-refractivity contribution in [2.45, 2.75) is 73.1 Å². The van der Waals surface area contributed by atoms with Gasteiger partial charge in [0, 0.05) is 30.4 Å². The van der Waals surface area contributed by atoms with Crippen LogP contribution in [0.25, 0.3) is 28.2 Å². The maximum Gasteiger partial charge on any atom is 0.326 e. The number of hydrogen-bond acceptors (Lipinski definition) is 4. The van der Waals surface area contributed by atoms with Gasteiger partial charge in [-0.1, -0.05) is 85.2 Å². The lowest BCUT2D eigenvalue weighted by Crippen LogP contribution is -2.39. The van der Waals surface area contributed by atoms with E-state index in [1.165, 1.54) is 0 Å². The standard InChI is InChI=1S/C38H49N5O2/c1-8-11-21-43(34-25-30-18-13-19-39-36(30)41-37(34)44)38(45)40-35-32(26(4)5)23-31(24-33(35)27(6)7)29-17-12-15-28(22-29)16-14-20-42(9-2)10-3/h12-19,22-27H,8-11,20-21H2,1-7H3,(H,40,45)(H,39,41,44)/b16-14-. The molecule has 2 aromatic carbocycles. The lowest BCUT2D eigenvalue weighted by atomic mass is 9.88. The van der Waals surface area contributed by atoms with E-state index in [0.717, 1.165) is 71.4 Å². The van der Waals surface area contributed by atoms with Crippen LogP contribution in [0.15, 0.2) is 71.7 Å². The van der Waals surface area contributed by atoms with Crippen molar-refractivity contribution >= 4 is 34.5 Å². The van der Waals surface area contributed by atoms with Gasteiger partial charge in [-0.15, -0.1) is 0 Å². The second-order valence-corrected chi connectivity index (χ2v) is 12.2. The summed E-state index contributed by atoms with van der Waals surface area (Å²) in [6.07, 6.45) is 7.72. The van der Waals surface area contributed by atoms with Crippen LogP contribution in [0.3, 0.4) is 0 Å². The van der Waals surface area contributed by atoms with Crippen LogP contribution in [0.2, 0.25) is 0 Å². The van der Waals surface area contributed by atoms with Crippen molar-refractivity contribution < 1.29 is 4.79 Å². The van der Waals surface area contributed by atoms with Gasteiger partial charge in [-0.2, -0.15) is 0 Å². The number of nitrogens with zero attached hydrogens (tertiary/aromatic N) is 3. The molecule has 0 fully saturated rings. The van der Waals surface area contributed by atoms with Gasteiger partial charge in [-0.05, 0) is 95.6 Å². The van der Waals surface area contributed by atoms with Gasteiger partial charge < -0.3 is 15.2 Å². The molecule has 238 valence electrons. The molecule has 0 saturated heterocycles. The van der Waals surface area contributed by atoms with Crippen LogP contribution in [0.1, 0.15) is 89.8 Å². The Hall–Kier alpha value is -4.23. The molecule has 4 aromatic rings. The highest BCUT2D eigenvalue weighted by Gasteiger charge is 2.24. The first-order valence-corrected chi connectivity index (χ1v) is 16.4. The molecule has 7 nitrogen and oxygen atoms in total. The Kier molecular flexibility index (Phi) is 11.7. The number of anilines is 2. The number of likely N-dealkylation sites (N-methyl/N-ethyl adjacent to an activating group) is 1. The number of amides is 2. The number of aromatic amines is 1. The molecule has 2 N–H and O–H groups in total. The molecule has 0 unspecified atom stereocenters. The van der Waals surface area contributed by atoms with Crippen molar-refractivity contribution in [2.75, 3.05) is 36.4 Å². The van der Waals surface area contributed by atoms with E-state index in [1.54, 1.807) is 17.2 Å². The van der Waals surface area contributed by atoms with E-state index in [4.69, 9.17) is 0 Å². The van der Waals surface area contributed by atoms with Gasteiger partial charge in [0.15, 0.2) is 0 Å². The number of aromatic nitrogens is 2. The summed E-state index contributed by atoms with van der Waals surface area (Å²) < 4.78 is 0. The zero-order chi connectivity index (χ0) is 32.5. The zero-order valence-electron chi connectivity index (χ0n) is 28.0. The zero-order valence-corrected chi connectivity index (χ0v) is 28.0. The van der Waals surface area contributed by atoms with Crippen LogP contribution in [0.4, 0.5) is 16.2 Å². The minimum atomic E-state index is -0.331. The van der Waals surface area contributed by atoms with Crippen molar-refractivity contribution in [3.05, 3.63) is 93.9 Å². The number of H-pyrrole nitrogens is 1. The van der Waals surface area contributed by atoms with Gasteiger partial charge in [0.2, 0.25) is 0 Å². The van der Waals surface area contributed by atoms with Crippen LogP contribution in [0, 0.1) is 0 Å². The molecule has 45 heavy (non-hydrogen) atoms. The second kappa shape index (κ2) is 15.7. The number of unbranched alkanes of at least 4 members (excludes halogenated alkanes) is 1. The number of carbonyl (C=O) groups is 1. The molecule has 0 bridgehead atoms. The number of fused-ring (bicyclic) bond motifs is 1. The molecule has 0 aliphatic carbocycles. The highest BCUT2D eigenvalue weighted by Crippen LogP contribution is 2.38. The number of benzene rings is 2. The maximum atomic E-state index is 14.1. The summed E-state index contributed by atoms with van der Waals surface area (Å²) in [6, 6.07) is 18.2. The summed E-state index contributed by atoms with van der Waals surface area (Å²) in [7, 11) is 0. The Morgan fingerprint density at radius 2 is 1.64 bits per heavy atom. The predicted octanol–water partition coefficient (Wildman–Crippen LogP) is 9.03. The highest BCUT2D eigenvalue weighted by atomic mass is 16.2. The topological polar surface area (TPSA) is 81.3 Å². The van der Waals surface area contributed by atoms with Crippen LogP contribution in [0.5, 0.6) is 0 Å². The maximum absolute atomic E-state index is 14.1. The van der Waals surface area contributed by atoms with Crippen molar-refractivity contribution in [2.24, 2.45) is 0 Å². The van der Waals surface area contributed by atoms with Crippen molar-refractivity contribution in [1.82, 2.24) is 14.9 Å². The highest BCUT2D eigenvalue weighted by molar-refractivity contribution is 6.03. The van der Waals surface area contributed by atoms with Crippen LogP contribution < -0.4 is 15.8 Å². The summed E-state index contributed by atoms with van der Waals surface area (Å²) in [5.74, 6) is 0.322. The Labute approximate surface area is 268 Å². The lowest BCUT2D eigenvalue weighted by molar-refractivity contribution is 0.256. The van der Waals surface area contributed by atoms with Gasteiger partial charge in [-0.25, -0.2) is 9.78 Å². The Morgan fingerprint density at radius 1 is 0.933 bits per heavy atom. The van der Waals surface area contributed by atoms with E-state index in [2.05, 4.69) is 117 Å². The molecule has 0 aliphatic rings. The second-order valence-electron chi connectivity index (χ2n) is 12.2. The molecule has 7 heteroatoms. The summed E-state index contributed by atoms with van der Waals surface area (Å²) in [6.45, 7) is 18.5. The van der Waals surface area contributed by atoms with E-state index < -0.39 is 0 Å². The Balaban J connectivity index is 1.72. The minimum absolute atomic E-state index is 0.161. The Morgan fingerprint density at radius 3 is 2.29 bits per heavy atom. The molecule has 2 heterocycles. The number of hydrogen-bond donors (Lipinski definition) is 2. The average Bonchev–Trinajstić information content (AvgIpc) is 3.03. The largest absolute Gasteiger partial charge is 0.326 e. The fraction of sp³-hybridized carbons (Fsp3) is 0.395. The quantitative estimate of drug-likeness (QED) is 0.159. The monoisotopic (exact) mass is 607 g/mol. The number of urea groups is 1. The molecule has 0 spiro atoms. The van der Waals surface area contributed by atoms with Crippen molar-refractivity contribution in [1.29, 1.82) is 0 Å². The van der Waals surface area contributed by atoms with E-state index >= 15 is 0 Å². The molecule has 2 amide bonds. The van der Waals surface area contributed by atoms with E-state index in [9.17, 15) is 9.59 Å². The SMILES string of the molecule is CCCCN(C(=O)Nc1c(C(C)C)cc(-c2cccc(/C=C\CN(CC)CC)c2)cc1C(C)C)c1cc2cccnc2[nH]c1=O. The van der Waals surface area contributed by atoms with Gasteiger partial charge >= 0.3 is 6.03 Å². The van der Waals surface area contributed by atoms with Crippen LogP contribution in [-0.4, -0.2) is 47.1 Å². The first-order chi connectivity index (χ1) is 21.7. The number of nitrogens with one attached hydrogen (secondary N) is 2. The first kappa shape index (κ1) is 33.7. The fourth-order valence-electron chi connectivity index (χ4n) is 5.60. The molecular weight excluding hydrogens is 558 g/mol. The normalized spacial score (nSPS) is 11.8. The third kappa shape index (κ3) is 8.28. The van der Waals surface area contributed by atoms with E-state index in [-0.39, 0.29) is 23.4 Å². The minimum Gasteiger partial charge on any atom is -0.307 e. The number of carbonyl (C=O) groups excluding carboxylic acids is 1. The smallest absolute Gasteiger partial charge is 0.307 e. The van der Waals surface area contributed by atoms with Gasteiger partial charge in [-0.3, -0.25) is 9.69 Å². The lowest BCUT2D eigenvalue weighted by Gasteiger charge is -2.27. The molecule has 0 aliphatic heterocycles. The van der Waals surface area contributed by atoms with E-state index in [1.807, 2.05) is 12.1 Å². The predicted molar refractivity (Wildman–Crippen MR) is 191 cm³/mol. The van der Waals surface area contributed by atoms with E-state index in [0.29, 0.717) is 17.9 Å². The van der Waals surface area contributed by atoms with Crippen LogP contribution in [-0.2, 0) is 0 Å². The molecular formula is C38H49N5O2. The first-order valence-electron chi connectivity index (χ1n) is 16.4. The Bertz CT molecular complexity index is 1650. The molecule has 4 rings (SSSR count). The fourth-order valence-corrected chi connectivity index (χ4v) is 5.60. The molecule has 0 saturated carbocycles. The summed E-state index contributed by atoms with van der Waals surface area (Å²) >= 11 is 0. The average molecular weight is 608 g/mol. The van der Waals surface area contributed by atoms with Gasteiger partial charge in [0.05, 0.1) is 0 Å². The molecule has 0 radical (unpaired) electrons. The van der Waals surface area contributed by atoms with Gasteiger partial charge in [0.25, 0.3) is 5.56 Å². The summed E-state index contributed by atoms with van der Waals surface area (Å²) in [5.41, 5.74) is 6.89. The third-order valence-electron chi connectivity index (χ3n) is 8.33. The van der Waals surface area contributed by atoms with Crippen molar-refractivity contribution in [3.63, 3.8) is 0 Å². The third-order valence-corrected chi connectivity index (χ3v) is 8.33. The van der Waals surface area contributed by atoms with Crippen molar-refractivity contribution in [3.8, 4) is 11.1 Å². The number of pyridine rings is 2. The molecule has 0 atom stereocenters. The van der Waals surface area contributed by atoms with Gasteiger partial charge in [0.1, 0.15) is 11.3 Å². The molecule has 2 aromatic heterocycles. The number of rotatable bonds is 13. The summed E-state index contributed by atoms with van der Waals surface area (Å²) in [5, 5.41) is 4.05.